The zero-order valence-electron chi connectivity index (χ0n) is 15.7. The van der Waals surface area contributed by atoms with Crippen molar-refractivity contribution in [2.75, 3.05) is 11.9 Å². The van der Waals surface area contributed by atoms with Gasteiger partial charge in [0.1, 0.15) is 11.5 Å². The van der Waals surface area contributed by atoms with Crippen molar-refractivity contribution in [3.63, 3.8) is 0 Å². The van der Waals surface area contributed by atoms with Gasteiger partial charge in [-0.2, -0.15) is 5.10 Å². The van der Waals surface area contributed by atoms with Crippen molar-refractivity contribution in [2.45, 2.75) is 0 Å². The smallest absolute Gasteiger partial charge is 0.259 e. The van der Waals surface area contributed by atoms with E-state index in [9.17, 15) is 4.79 Å². The molecule has 1 amide bonds. The number of benzene rings is 3. The van der Waals surface area contributed by atoms with Gasteiger partial charge in [0.05, 0.1) is 17.8 Å². The Balaban J connectivity index is 1.35. The standard InChI is InChI=1S/C23H17Cl2N3O2/c24-16-8-10-20(25)19(12-16)22-11-9-17(30-22)13-27-28-23(29)14-26-21-7-3-5-15-4-1-2-6-18(15)21/h1-13,26H,14H2,(H,28,29). The first-order valence-electron chi connectivity index (χ1n) is 9.19. The van der Waals surface area contributed by atoms with Gasteiger partial charge >= 0.3 is 0 Å². The van der Waals surface area contributed by atoms with E-state index in [2.05, 4.69) is 15.8 Å². The summed E-state index contributed by atoms with van der Waals surface area (Å²) in [4.78, 5) is 12.1. The van der Waals surface area contributed by atoms with Gasteiger partial charge in [-0.1, -0.05) is 59.6 Å². The van der Waals surface area contributed by atoms with E-state index in [4.69, 9.17) is 27.6 Å². The highest BCUT2D eigenvalue weighted by Crippen LogP contribution is 2.31. The molecule has 0 unspecified atom stereocenters. The number of nitrogens with zero attached hydrogens (tertiary/aromatic N) is 1. The van der Waals surface area contributed by atoms with E-state index in [1.807, 2.05) is 42.5 Å². The zero-order chi connectivity index (χ0) is 20.9. The molecule has 2 N–H and O–H groups in total. The minimum Gasteiger partial charge on any atom is -0.455 e. The number of halogens is 2. The predicted molar refractivity (Wildman–Crippen MR) is 122 cm³/mol. The normalized spacial score (nSPS) is 11.1. The van der Waals surface area contributed by atoms with Crippen LogP contribution in [0.2, 0.25) is 10.0 Å². The van der Waals surface area contributed by atoms with Crippen LogP contribution >= 0.6 is 23.2 Å². The number of carbonyl (C=O) groups is 1. The molecular formula is C23H17Cl2N3O2. The molecule has 3 aromatic carbocycles. The number of hydrogen-bond acceptors (Lipinski definition) is 4. The maximum Gasteiger partial charge on any atom is 0.259 e. The molecule has 4 rings (SSSR count). The molecular weight excluding hydrogens is 421 g/mol. The van der Waals surface area contributed by atoms with Crippen molar-refractivity contribution in [1.82, 2.24) is 5.43 Å². The number of carbonyl (C=O) groups excluding carboxylic acids is 1. The van der Waals surface area contributed by atoms with Crippen molar-refractivity contribution < 1.29 is 9.21 Å². The van der Waals surface area contributed by atoms with Crippen LogP contribution in [0.5, 0.6) is 0 Å². The highest BCUT2D eigenvalue weighted by molar-refractivity contribution is 6.35. The Bertz CT molecular complexity index is 1230. The van der Waals surface area contributed by atoms with Gasteiger partial charge in [0.15, 0.2) is 0 Å². The Morgan fingerprint density at radius 3 is 2.73 bits per heavy atom. The van der Waals surface area contributed by atoms with Gasteiger partial charge in [0.25, 0.3) is 5.91 Å². The van der Waals surface area contributed by atoms with Crippen LogP contribution in [0.15, 0.2) is 82.3 Å². The van der Waals surface area contributed by atoms with Crippen LogP contribution in [0.4, 0.5) is 5.69 Å². The molecule has 0 aliphatic heterocycles. The summed E-state index contributed by atoms with van der Waals surface area (Å²) < 4.78 is 5.71. The van der Waals surface area contributed by atoms with Crippen LogP contribution in [0.1, 0.15) is 5.76 Å². The Morgan fingerprint density at radius 1 is 1.00 bits per heavy atom. The van der Waals surface area contributed by atoms with Crippen molar-refractivity contribution in [2.24, 2.45) is 5.10 Å². The average Bonchev–Trinajstić information content (AvgIpc) is 3.22. The number of anilines is 1. The molecule has 0 aliphatic rings. The fourth-order valence-corrected chi connectivity index (χ4v) is 3.40. The molecule has 0 radical (unpaired) electrons. The van der Waals surface area contributed by atoms with Gasteiger partial charge in [-0.15, -0.1) is 0 Å². The summed E-state index contributed by atoms with van der Waals surface area (Å²) in [6.07, 6.45) is 1.43. The monoisotopic (exact) mass is 437 g/mol. The Hall–Kier alpha value is -3.28. The van der Waals surface area contributed by atoms with E-state index in [-0.39, 0.29) is 12.5 Å². The highest BCUT2D eigenvalue weighted by Gasteiger charge is 2.09. The molecule has 0 atom stereocenters. The summed E-state index contributed by atoms with van der Waals surface area (Å²) >= 11 is 12.2. The van der Waals surface area contributed by atoms with Crippen LogP contribution in [0.25, 0.3) is 22.1 Å². The minimum atomic E-state index is -0.274. The number of furan rings is 1. The third-order valence-electron chi connectivity index (χ3n) is 4.43. The van der Waals surface area contributed by atoms with E-state index in [1.54, 1.807) is 30.3 Å². The Kier molecular flexibility index (Phi) is 6.02. The number of rotatable bonds is 6. The topological polar surface area (TPSA) is 66.6 Å². The van der Waals surface area contributed by atoms with E-state index in [0.717, 1.165) is 16.5 Å². The largest absolute Gasteiger partial charge is 0.455 e. The molecule has 0 fully saturated rings. The molecule has 1 aromatic heterocycles. The van der Waals surface area contributed by atoms with Crippen LogP contribution in [-0.4, -0.2) is 18.7 Å². The molecule has 5 nitrogen and oxygen atoms in total. The fraction of sp³-hybridized carbons (Fsp3) is 0.0435. The third-order valence-corrected chi connectivity index (χ3v) is 5.00. The number of fused-ring (bicyclic) bond motifs is 1. The second-order valence-electron chi connectivity index (χ2n) is 6.50. The van der Waals surface area contributed by atoms with Crippen molar-refractivity contribution >= 4 is 51.8 Å². The van der Waals surface area contributed by atoms with Gasteiger partial charge in [0, 0.05) is 21.7 Å². The average molecular weight is 438 g/mol. The Morgan fingerprint density at radius 2 is 1.83 bits per heavy atom. The van der Waals surface area contributed by atoms with Crippen molar-refractivity contribution in [3.05, 3.63) is 88.6 Å². The maximum absolute atomic E-state index is 12.1. The molecule has 0 spiro atoms. The quantitative estimate of drug-likeness (QED) is 0.288. The molecule has 0 saturated carbocycles. The molecule has 0 saturated heterocycles. The summed E-state index contributed by atoms with van der Waals surface area (Å²) in [5, 5.41) is 10.3. The molecule has 150 valence electrons. The molecule has 30 heavy (non-hydrogen) atoms. The van der Waals surface area contributed by atoms with Crippen molar-refractivity contribution in [3.8, 4) is 11.3 Å². The van der Waals surface area contributed by atoms with Crippen LogP contribution < -0.4 is 10.7 Å². The lowest BCUT2D eigenvalue weighted by Gasteiger charge is -2.08. The first-order chi connectivity index (χ1) is 14.6. The summed E-state index contributed by atoms with van der Waals surface area (Å²) in [5.41, 5.74) is 4.06. The van der Waals surface area contributed by atoms with Gasteiger partial charge in [0.2, 0.25) is 0 Å². The number of hydrazone groups is 1. The van der Waals surface area contributed by atoms with Crippen LogP contribution in [-0.2, 0) is 4.79 Å². The van der Waals surface area contributed by atoms with E-state index in [0.29, 0.717) is 27.1 Å². The second kappa shape index (κ2) is 9.03. The lowest BCUT2D eigenvalue weighted by Crippen LogP contribution is -2.25. The van der Waals surface area contributed by atoms with E-state index >= 15 is 0 Å². The summed E-state index contributed by atoms with van der Waals surface area (Å²) in [6.45, 7) is 0.0902. The number of nitrogens with one attached hydrogen (secondary N) is 2. The van der Waals surface area contributed by atoms with Gasteiger partial charge in [-0.05, 0) is 41.8 Å². The molecule has 7 heteroatoms. The van der Waals surface area contributed by atoms with Gasteiger partial charge in [-0.25, -0.2) is 5.43 Å². The lowest BCUT2D eigenvalue weighted by atomic mass is 10.1. The molecule has 4 aromatic rings. The maximum atomic E-state index is 12.1. The second-order valence-corrected chi connectivity index (χ2v) is 7.34. The third kappa shape index (κ3) is 4.64. The predicted octanol–water partition coefficient (Wildman–Crippen LogP) is 5.97. The SMILES string of the molecule is O=C(CNc1cccc2ccccc12)NN=Cc1ccc(-c2cc(Cl)ccc2Cl)o1. The van der Waals surface area contributed by atoms with E-state index < -0.39 is 0 Å². The van der Waals surface area contributed by atoms with Crippen LogP contribution in [0.3, 0.4) is 0 Å². The summed E-state index contributed by atoms with van der Waals surface area (Å²) in [7, 11) is 0. The zero-order valence-corrected chi connectivity index (χ0v) is 17.2. The number of hydrogen-bond donors (Lipinski definition) is 2. The highest BCUT2D eigenvalue weighted by atomic mass is 35.5. The fourth-order valence-electron chi connectivity index (χ4n) is 3.02. The lowest BCUT2D eigenvalue weighted by molar-refractivity contribution is -0.119. The van der Waals surface area contributed by atoms with Gasteiger partial charge in [-0.3, -0.25) is 4.79 Å². The molecule has 1 heterocycles. The van der Waals surface area contributed by atoms with E-state index in [1.165, 1.54) is 6.21 Å². The van der Waals surface area contributed by atoms with Gasteiger partial charge < -0.3 is 9.73 Å². The first-order valence-corrected chi connectivity index (χ1v) is 9.94. The summed E-state index contributed by atoms with van der Waals surface area (Å²) in [5.74, 6) is 0.764. The molecule has 0 bridgehead atoms. The summed E-state index contributed by atoms with van der Waals surface area (Å²) in [6, 6.07) is 22.5. The van der Waals surface area contributed by atoms with Crippen molar-refractivity contribution in [1.29, 1.82) is 0 Å². The first kappa shape index (κ1) is 20.0. The number of amides is 1. The molecule has 0 aliphatic carbocycles. The Labute approximate surface area is 183 Å². The minimum absolute atomic E-state index is 0.0902. The van der Waals surface area contributed by atoms with Crippen LogP contribution in [0, 0.1) is 0 Å².